The number of terminal acetylenes is 1. The number of benzene rings is 2. The van der Waals surface area contributed by atoms with E-state index in [9.17, 15) is 0 Å². The first-order chi connectivity index (χ1) is 9.36. The predicted molar refractivity (Wildman–Crippen MR) is 77.1 cm³/mol. The predicted octanol–water partition coefficient (Wildman–Crippen LogP) is 4.12. The van der Waals surface area contributed by atoms with Crippen LogP contribution >= 0.6 is 0 Å². The van der Waals surface area contributed by atoms with Crippen LogP contribution in [0.25, 0.3) is 0 Å². The maximum absolute atomic E-state index is 5.89. The second-order valence-corrected chi connectivity index (χ2v) is 4.95. The number of rotatable bonds is 4. The van der Waals surface area contributed by atoms with Gasteiger partial charge in [0.1, 0.15) is 12.4 Å². The summed E-state index contributed by atoms with van der Waals surface area (Å²) in [6, 6.07) is 16.4. The van der Waals surface area contributed by atoms with Crippen molar-refractivity contribution < 1.29 is 4.74 Å². The van der Waals surface area contributed by atoms with Crippen LogP contribution in [0.3, 0.4) is 0 Å². The van der Waals surface area contributed by atoms with Crippen LogP contribution in [0.15, 0.2) is 48.5 Å². The van der Waals surface area contributed by atoms with Crippen molar-refractivity contribution in [2.45, 2.75) is 25.4 Å². The van der Waals surface area contributed by atoms with Gasteiger partial charge in [-0.1, -0.05) is 42.3 Å². The van der Waals surface area contributed by atoms with Crippen molar-refractivity contribution in [2.24, 2.45) is 0 Å². The summed E-state index contributed by atoms with van der Waals surface area (Å²) in [6.45, 7) is 0.559. The van der Waals surface area contributed by atoms with Crippen molar-refractivity contribution >= 4 is 0 Å². The van der Waals surface area contributed by atoms with E-state index in [4.69, 9.17) is 11.2 Å². The Bertz CT molecular complexity index is 603. The summed E-state index contributed by atoms with van der Waals surface area (Å²) in [5.74, 6) is 4.24. The van der Waals surface area contributed by atoms with Gasteiger partial charge >= 0.3 is 0 Å². The summed E-state index contributed by atoms with van der Waals surface area (Å²) in [7, 11) is 0. The third kappa shape index (κ3) is 2.80. The Kier molecular flexibility index (Phi) is 3.25. The molecule has 94 valence electrons. The van der Waals surface area contributed by atoms with Gasteiger partial charge in [-0.2, -0.15) is 0 Å². The van der Waals surface area contributed by atoms with Crippen molar-refractivity contribution in [2.75, 3.05) is 0 Å². The molecule has 2 aromatic rings. The van der Waals surface area contributed by atoms with Crippen LogP contribution in [-0.4, -0.2) is 0 Å². The molecule has 2 aromatic carbocycles. The molecule has 19 heavy (non-hydrogen) atoms. The van der Waals surface area contributed by atoms with Gasteiger partial charge in [-0.3, -0.25) is 0 Å². The number of hydrogen-bond acceptors (Lipinski definition) is 1. The first-order valence-corrected chi connectivity index (χ1v) is 6.64. The lowest BCUT2D eigenvalue weighted by Gasteiger charge is -2.10. The van der Waals surface area contributed by atoms with Gasteiger partial charge in [0.2, 0.25) is 0 Å². The fourth-order valence-corrected chi connectivity index (χ4v) is 2.18. The summed E-state index contributed by atoms with van der Waals surface area (Å²) >= 11 is 0. The van der Waals surface area contributed by atoms with E-state index < -0.39 is 0 Å². The molecule has 0 heterocycles. The third-order valence-corrected chi connectivity index (χ3v) is 3.45. The lowest BCUT2D eigenvalue weighted by atomic mass is 10.1. The Hall–Kier alpha value is -2.20. The lowest BCUT2D eigenvalue weighted by Crippen LogP contribution is -1.98. The zero-order valence-corrected chi connectivity index (χ0v) is 10.8. The van der Waals surface area contributed by atoms with Crippen LogP contribution < -0.4 is 4.74 Å². The molecular weight excluding hydrogens is 232 g/mol. The maximum Gasteiger partial charge on any atom is 0.135 e. The molecule has 0 saturated heterocycles. The molecule has 1 nitrogen and oxygen atoms in total. The highest BCUT2D eigenvalue weighted by Crippen LogP contribution is 2.41. The molecule has 0 atom stereocenters. The highest BCUT2D eigenvalue weighted by Gasteiger charge is 2.24. The Labute approximate surface area is 114 Å². The third-order valence-electron chi connectivity index (χ3n) is 3.45. The summed E-state index contributed by atoms with van der Waals surface area (Å²) in [5, 5.41) is 0. The Balaban J connectivity index is 1.79. The quantitative estimate of drug-likeness (QED) is 0.739. The summed E-state index contributed by atoms with van der Waals surface area (Å²) in [5.41, 5.74) is 3.34. The SMILES string of the molecule is C#Cc1ccc(C2CC2)cc1OCc1ccccc1. The van der Waals surface area contributed by atoms with Crippen molar-refractivity contribution in [1.29, 1.82) is 0 Å². The Morgan fingerprint density at radius 3 is 2.58 bits per heavy atom. The number of hydrogen-bond donors (Lipinski definition) is 0. The van der Waals surface area contributed by atoms with Crippen LogP contribution in [0, 0.1) is 12.3 Å². The maximum atomic E-state index is 5.89. The Morgan fingerprint density at radius 1 is 1.11 bits per heavy atom. The molecule has 1 saturated carbocycles. The average Bonchev–Trinajstić information content (AvgIpc) is 3.30. The van der Waals surface area contributed by atoms with Gasteiger partial charge in [-0.25, -0.2) is 0 Å². The second kappa shape index (κ2) is 5.20. The molecule has 1 aliphatic carbocycles. The van der Waals surface area contributed by atoms with E-state index in [1.54, 1.807) is 0 Å². The van der Waals surface area contributed by atoms with Crippen LogP contribution in [-0.2, 0) is 6.61 Å². The van der Waals surface area contributed by atoms with E-state index in [0.717, 1.165) is 16.9 Å². The fraction of sp³-hybridized carbons (Fsp3) is 0.222. The molecule has 0 bridgehead atoms. The largest absolute Gasteiger partial charge is 0.488 e. The number of ether oxygens (including phenoxy) is 1. The summed E-state index contributed by atoms with van der Waals surface area (Å²) in [4.78, 5) is 0. The van der Waals surface area contributed by atoms with Gasteiger partial charge in [0.25, 0.3) is 0 Å². The van der Waals surface area contributed by atoms with Crippen molar-refractivity contribution in [3.63, 3.8) is 0 Å². The van der Waals surface area contributed by atoms with E-state index in [1.165, 1.54) is 18.4 Å². The molecule has 0 radical (unpaired) electrons. The van der Waals surface area contributed by atoms with E-state index in [1.807, 2.05) is 24.3 Å². The van der Waals surface area contributed by atoms with E-state index in [0.29, 0.717) is 12.5 Å². The Morgan fingerprint density at radius 2 is 1.89 bits per heavy atom. The smallest absolute Gasteiger partial charge is 0.135 e. The van der Waals surface area contributed by atoms with Crippen molar-refractivity contribution in [3.05, 3.63) is 65.2 Å². The lowest BCUT2D eigenvalue weighted by molar-refractivity contribution is 0.305. The minimum Gasteiger partial charge on any atom is -0.488 e. The molecule has 0 N–H and O–H groups in total. The molecule has 0 amide bonds. The molecule has 0 aromatic heterocycles. The van der Waals surface area contributed by atoms with Gasteiger partial charge < -0.3 is 4.74 Å². The van der Waals surface area contributed by atoms with Gasteiger partial charge in [0.05, 0.1) is 5.56 Å². The summed E-state index contributed by atoms with van der Waals surface area (Å²) in [6.07, 6.45) is 8.10. The average molecular weight is 248 g/mol. The molecule has 1 aliphatic rings. The molecular formula is C18H16O. The zero-order valence-electron chi connectivity index (χ0n) is 10.8. The van der Waals surface area contributed by atoms with Gasteiger partial charge in [0, 0.05) is 0 Å². The molecule has 3 rings (SSSR count). The van der Waals surface area contributed by atoms with Crippen LogP contribution in [0.5, 0.6) is 5.75 Å². The molecule has 1 fully saturated rings. The highest BCUT2D eigenvalue weighted by atomic mass is 16.5. The van der Waals surface area contributed by atoms with Crippen molar-refractivity contribution in [1.82, 2.24) is 0 Å². The normalized spacial score (nSPS) is 13.8. The molecule has 1 heteroatoms. The first-order valence-electron chi connectivity index (χ1n) is 6.64. The highest BCUT2D eigenvalue weighted by molar-refractivity contribution is 5.48. The zero-order chi connectivity index (χ0) is 13.1. The van der Waals surface area contributed by atoms with E-state index in [2.05, 4.69) is 30.2 Å². The monoisotopic (exact) mass is 248 g/mol. The molecule has 0 aliphatic heterocycles. The fourth-order valence-electron chi connectivity index (χ4n) is 2.18. The van der Waals surface area contributed by atoms with Crippen LogP contribution in [0.4, 0.5) is 0 Å². The van der Waals surface area contributed by atoms with Gasteiger partial charge in [0.15, 0.2) is 0 Å². The standard InChI is InChI=1S/C18H16O/c1-2-15-8-11-17(16-9-10-16)12-18(15)19-13-14-6-4-3-5-7-14/h1,3-8,11-12,16H,9-10,13H2. The summed E-state index contributed by atoms with van der Waals surface area (Å²) < 4.78 is 5.89. The topological polar surface area (TPSA) is 9.23 Å². The van der Waals surface area contributed by atoms with Gasteiger partial charge in [-0.15, -0.1) is 6.42 Å². The minimum atomic E-state index is 0.559. The van der Waals surface area contributed by atoms with E-state index >= 15 is 0 Å². The van der Waals surface area contributed by atoms with Crippen molar-refractivity contribution in [3.8, 4) is 18.1 Å². The molecule has 0 unspecified atom stereocenters. The van der Waals surface area contributed by atoms with Gasteiger partial charge in [-0.05, 0) is 42.0 Å². The van der Waals surface area contributed by atoms with Crippen LogP contribution in [0.2, 0.25) is 0 Å². The first kappa shape index (κ1) is 11.9. The van der Waals surface area contributed by atoms with Crippen LogP contribution in [0.1, 0.15) is 35.4 Å². The molecule has 0 spiro atoms. The van der Waals surface area contributed by atoms with E-state index in [-0.39, 0.29) is 0 Å². The minimum absolute atomic E-state index is 0.559. The second-order valence-electron chi connectivity index (χ2n) is 4.95.